The molecule has 1 fully saturated rings. The fraction of sp³-hybridized carbons (Fsp3) is 0.400. The number of hydrogen-bond donors (Lipinski definition) is 0. The van der Waals surface area contributed by atoms with Gasteiger partial charge in [-0.2, -0.15) is 0 Å². The molecule has 4 rings (SSSR count). The van der Waals surface area contributed by atoms with Gasteiger partial charge in [-0.05, 0) is 36.1 Å². The van der Waals surface area contributed by atoms with Crippen LogP contribution in [-0.2, 0) is 0 Å². The van der Waals surface area contributed by atoms with Crippen LogP contribution in [0.2, 0.25) is 0 Å². The van der Waals surface area contributed by atoms with Gasteiger partial charge in [0.25, 0.3) is 0 Å². The molecule has 0 radical (unpaired) electrons. The van der Waals surface area contributed by atoms with Crippen LogP contribution in [0.15, 0.2) is 54.6 Å². The molecule has 2 heterocycles. The summed E-state index contributed by atoms with van der Waals surface area (Å²) in [6, 6.07) is 20.9. The molecule has 1 nitrogen and oxygen atoms in total. The molecule has 0 N–H and O–H groups in total. The van der Waals surface area contributed by atoms with Crippen molar-refractivity contribution in [3.8, 4) is 0 Å². The molecule has 21 heavy (non-hydrogen) atoms. The minimum Gasteiger partial charge on any atom is -0.295 e. The van der Waals surface area contributed by atoms with Crippen LogP contribution in [0.5, 0.6) is 0 Å². The minimum atomic E-state index is 0.539. The summed E-state index contributed by atoms with van der Waals surface area (Å²) in [6.07, 6.45) is 5.47. The molecule has 0 amide bonds. The lowest BCUT2D eigenvalue weighted by molar-refractivity contribution is 0.178. The van der Waals surface area contributed by atoms with E-state index < -0.39 is 0 Å². The van der Waals surface area contributed by atoms with E-state index in [9.17, 15) is 0 Å². The van der Waals surface area contributed by atoms with Crippen LogP contribution in [0.3, 0.4) is 0 Å². The van der Waals surface area contributed by atoms with Crippen molar-refractivity contribution in [3.05, 3.63) is 71.3 Å². The lowest BCUT2D eigenvalue weighted by Gasteiger charge is -2.40. The van der Waals surface area contributed by atoms with E-state index in [1.54, 1.807) is 11.1 Å². The highest BCUT2D eigenvalue weighted by Gasteiger charge is 2.33. The minimum absolute atomic E-state index is 0.539. The van der Waals surface area contributed by atoms with Crippen molar-refractivity contribution < 1.29 is 0 Å². The molecule has 0 spiro atoms. The van der Waals surface area contributed by atoms with Gasteiger partial charge in [-0.1, -0.05) is 67.4 Å². The molecule has 2 aliphatic heterocycles. The standard InChI is InChI=1S/C20H23N/c1-3-9-16(10-4-1)19-15-21-14-8-2-5-13-20(21)18-12-7-6-11-17(18)19/h1,3-4,6-7,9-12,19-20H,2,5,8,13-15H2/t19-,20-/m0/s1. The molecule has 0 saturated carbocycles. The zero-order valence-electron chi connectivity index (χ0n) is 12.5. The highest BCUT2D eigenvalue weighted by molar-refractivity contribution is 5.42. The van der Waals surface area contributed by atoms with E-state index in [4.69, 9.17) is 0 Å². The summed E-state index contributed by atoms with van der Waals surface area (Å²) in [5.74, 6) is 0.539. The third-order valence-electron chi connectivity index (χ3n) is 5.21. The smallest absolute Gasteiger partial charge is 0.0351 e. The van der Waals surface area contributed by atoms with Crippen molar-refractivity contribution >= 4 is 0 Å². The van der Waals surface area contributed by atoms with Crippen molar-refractivity contribution in [2.24, 2.45) is 0 Å². The predicted molar refractivity (Wildman–Crippen MR) is 87.5 cm³/mol. The van der Waals surface area contributed by atoms with E-state index >= 15 is 0 Å². The van der Waals surface area contributed by atoms with Gasteiger partial charge in [0.15, 0.2) is 0 Å². The van der Waals surface area contributed by atoms with Crippen LogP contribution in [-0.4, -0.2) is 18.0 Å². The monoisotopic (exact) mass is 277 g/mol. The van der Waals surface area contributed by atoms with E-state index in [1.807, 2.05) is 0 Å². The summed E-state index contributed by atoms with van der Waals surface area (Å²) in [6.45, 7) is 2.45. The molecule has 2 aromatic rings. The van der Waals surface area contributed by atoms with E-state index in [0.717, 1.165) is 0 Å². The normalized spacial score (nSPS) is 25.7. The molecular weight excluding hydrogens is 254 g/mol. The highest BCUT2D eigenvalue weighted by atomic mass is 15.2. The summed E-state index contributed by atoms with van der Waals surface area (Å²) in [7, 11) is 0. The first-order valence-electron chi connectivity index (χ1n) is 8.31. The predicted octanol–water partition coefficient (Wildman–Crippen LogP) is 4.75. The van der Waals surface area contributed by atoms with E-state index in [1.165, 1.54) is 44.3 Å². The quantitative estimate of drug-likeness (QED) is 0.727. The van der Waals surface area contributed by atoms with Gasteiger partial charge >= 0.3 is 0 Å². The molecule has 0 aromatic heterocycles. The Balaban J connectivity index is 1.79. The number of rotatable bonds is 1. The molecule has 2 aromatic carbocycles. The van der Waals surface area contributed by atoms with Crippen LogP contribution in [0.4, 0.5) is 0 Å². The summed E-state index contributed by atoms with van der Waals surface area (Å²) in [5.41, 5.74) is 4.61. The molecule has 1 saturated heterocycles. The highest BCUT2D eigenvalue weighted by Crippen LogP contribution is 2.42. The zero-order chi connectivity index (χ0) is 14.1. The first-order valence-corrected chi connectivity index (χ1v) is 8.31. The molecule has 2 aliphatic rings. The van der Waals surface area contributed by atoms with Gasteiger partial charge in [-0.3, -0.25) is 4.90 Å². The topological polar surface area (TPSA) is 3.24 Å². The Hall–Kier alpha value is -1.60. The SMILES string of the molecule is c1ccc([C@@H]2CN3CCCCC[C@H]3c3ccccc32)cc1. The van der Waals surface area contributed by atoms with Gasteiger partial charge in [-0.15, -0.1) is 0 Å². The average Bonchev–Trinajstić information content (AvgIpc) is 2.80. The van der Waals surface area contributed by atoms with Gasteiger partial charge < -0.3 is 0 Å². The van der Waals surface area contributed by atoms with E-state index in [-0.39, 0.29) is 0 Å². The Morgan fingerprint density at radius 2 is 1.52 bits per heavy atom. The summed E-state index contributed by atoms with van der Waals surface area (Å²) in [4.78, 5) is 2.74. The summed E-state index contributed by atoms with van der Waals surface area (Å²) < 4.78 is 0. The van der Waals surface area contributed by atoms with Crippen molar-refractivity contribution in [2.45, 2.75) is 37.6 Å². The Bertz CT molecular complexity index is 604. The fourth-order valence-corrected chi connectivity index (χ4v) is 4.17. The second kappa shape index (κ2) is 5.65. The Morgan fingerprint density at radius 1 is 0.762 bits per heavy atom. The Labute approximate surface area is 127 Å². The third kappa shape index (κ3) is 2.40. The first-order chi connectivity index (χ1) is 10.4. The van der Waals surface area contributed by atoms with Crippen LogP contribution < -0.4 is 0 Å². The lowest BCUT2D eigenvalue weighted by Crippen LogP contribution is -2.38. The first kappa shape index (κ1) is 13.1. The maximum atomic E-state index is 2.74. The van der Waals surface area contributed by atoms with E-state index in [2.05, 4.69) is 59.5 Å². The number of nitrogens with zero attached hydrogens (tertiary/aromatic N) is 1. The van der Waals surface area contributed by atoms with Crippen molar-refractivity contribution in [2.75, 3.05) is 13.1 Å². The molecule has 0 aliphatic carbocycles. The summed E-state index contributed by atoms with van der Waals surface area (Å²) in [5, 5.41) is 0. The molecule has 0 unspecified atom stereocenters. The van der Waals surface area contributed by atoms with Crippen LogP contribution in [0.25, 0.3) is 0 Å². The molecule has 108 valence electrons. The molecule has 1 heteroatoms. The second-order valence-electron chi connectivity index (χ2n) is 6.45. The Morgan fingerprint density at radius 3 is 2.38 bits per heavy atom. The third-order valence-corrected chi connectivity index (χ3v) is 5.21. The lowest BCUT2D eigenvalue weighted by atomic mass is 9.80. The Kier molecular flexibility index (Phi) is 3.52. The molecule has 0 bridgehead atoms. The van der Waals surface area contributed by atoms with Crippen molar-refractivity contribution in [1.82, 2.24) is 4.90 Å². The van der Waals surface area contributed by atoms with Gasteiger partial charge in [0.1, 0.15) is 0 Å². The average molecular weight is 277 g/mol. The van der Waals surface area contributed by atoms with Crippen molar-refractivity contribution in [1.29, 1.82) is 0 Å². The van der Waals surface area contributed by atoms with Crippen LogP contribution >= 0.6 is 0 Å². The maximum Gasteiger partial charge on any atom is 0.0351 e. The van der Waals surface area contributed by atoms with Crippen molar-refractivity contribution in [3.63, 3.8) is 0 Å². The molecular formula is C20H23N. The second-order valence-corrected chi connectivity index (χ2v) is 6.45. The fourth-order valence-electron chi connectivity index (χ4n) is 4.17. The number of hydrogen-bond acceptors (Lipinski definition) is 1. The van der Waals surface area contributed by atoms with Gasteiger partial charge in [0, 0.05) is 18.5 Å². The summed E-state index contributed by atoms with van der Waals surface area (Å²) >= 11 is 0. The van der Waals surface area contributed by atoms with Crippen LogP contribution in [0, 0.1) is 0 Å². The largest absolute Gasteiger partial charge is 0.295 e. The maximum absolute atomic E-state index is 2.74. The zero-order valence-corrected chi connectivity index (χ0v) is 12.5. The van der Waals surface area contributed by atoms with Gasteiger partial charge in [-0.25, -0.2) is 0 Å². The van der Waals surface area contributed by atoms with E-state index in [0.29, 0.717) is 12.0 Å². The number of fused-ring (bicyclic) bond motifs is 3. The van der Waals surface area contributed by atoms with Crippen LogP contribution in [0.1, 0.15) is 54.3 Å². The molecule has 2 atom stereocenters. The van der Waals surface area contributed by atoms with Gasteiger partial charge in [0.05, 0.1) is 0 Å². The van der Waals surface area contributed by atoms with Gasteiger partial charge in [0.2, 0.25) is 0 Å². The number of benzene rings is 2.